The number of nitrogens with one attached hydrogen (secondary N) is 1. The Bertz CT molecular complexity index is 1200. The summed E-state index contributed by atoms with van der Waals surface area (Å²) in [7, 11) is 2.74. The molecule has 3 rings (SSSR count). The summed E-state index contributed by atoms with van der Waals surface area (Å²) in [5, 5.41) is 2.98. The van der Waals surface area contributed by atoms with Crippen LogP contribution in [0.25, 0.3) is 10.9 Å². The number of terminal acetylenes is 1. The molecule has 0 bridgehead atoms. The normalized spacial score (nSPS) is 14.6. The van der Waals surface area contributed by atoms with Crippen LogP contribution in [0.2, 0.25) is 0 Å². The number of nitrogen functional groups attached to an aromatic ring is 1. The highest BCUT2D eigenvalue weighted by Crippen LogP contribution is 2.37. The lowest BCUT2D eigenvalue weighted by Crippen LogP contribution is -2.51. The number of anilines is 2. The number of aromatic nitrogens is 2. The van der Waals surface area contributed by atoms with E-state index < -0.39 is 23.6 Å². The van der Waals surface area contributed by atoms with Gasteiger partial charge in [0.05, 0.1) is 20.3 Å². The zero-order chi connectivity index (χ0) is 27.3. The Labute approximate surface area is 215 Å². The lowest BCUT2D eigenvalue weighted by atomic mass is 10.1. The number of benzene rings is 1. The van der Waals surface area contributed by atoms with Crippen molar-refractivity contribution in [3.05, 3.63) is 11.9 Å². The molecular formula is C25H33FN6O5. The average molecular weight is 517 g/mol. The number of ether oxygens (including phenoxy) is 3. The number of nitrogens with two attached hydrogens (primary N) is 1. The fourth-order valence-corrected chi connectivity index (χ4v) is 3.97. The molecule has 1 aliphatic heterocycles. The van der Waals surface area contributed by atoms with Crippen LogP contribution in [0.3, 0.4) is 0 Å². The molecule has 1 saturated heterocycles. The van der Waals surface area contributed by atoms with Crippen LogP contribution in [0.1, 0.15) is 33.6 Å². The second kappa shape index (κ2) is 11.4. The number of hydrogen-bond acceptors (Lipinski definition) is 9. The van der Waals surface area contributed by atoms with Crippen LogP contribution in [-0.2, 0) is 9.53 Å². The molecule has 12 heteroatoms. The molecule has 1 atom stereocenters. The Morgan fingerprint density at radius 3 is 2.46 bits per heavy atom. The molecule has 2 amide bonds. The van der Waals surface area contributed by atoms with Gasteiger partial charge in [0.2, 0.25) is 11.9 Å². The highest BCUT2D eigenvalue weighted by molar-refractivity contribution is 5.92. The van der Waals surface area contributed by atoms with E-state index in [9.17, 15) is 9.59 Å². The molecule has 0 saturated carbocycles. The summed E-state index contributed by atoms with van der Waals surface area (Å²) in [5.41, 5.74) is 5.47. The average Bonchev–Trinajstić information content (AvgIpc) is 2.83. The first-order chi connectivity index (χ1) is 17.5. The molecule has 3 N–H and O–H groups in total. The molecule has 200 valence electrons. The Kier molecular flexibility index (Phi) is 8.47. The van der Waals surface area contributed by atoms with Crippen LogP contribution in [0.4, 0.5) is 21.0 Å². The molecule has 1 fully saturated rings. The van der Waals surface area contributed by atoms with Gasteiger partial charge in [-0.2, -0.15) is 4.98 Å². The van der Waals surface area contributed by atoms with E-state index in [2.05, 4.69) is 21.2 Å². The van der Waals surface area contributed by atoms with Crippen molar-refractivity contribution in [2.45, 2.75) is 45.3 Å². The minimum absolute atomic E-state index is 0.0176. The summed E-state index contributed by atoms with van der Waals surface area (Å²) in [6.07, 6.45) is 5.03. The van der Waals surface area contributed by atoms with Crippen molar-refractivity contribution in [1.82, 2.24) is 20.2 Å². The van der Waals surface area contributed by atoms with Crippen molar-refractivity contribution in [3.8, 4) is 23.8 Å². The van der Waals surface area contributed by atoms with E-state index in [-0.39, 0.29) is 47.5 Å². The highest BCUT2D eigenvalue weighted by atomic mass is 19.1. The summed E-state index contributed by atoms with van der Waals surface area (Å²) in [6, 6.07) is 0.981. The number of halogens is 1. The molecule has 1 aromatic heterocycles. The molecule has 1 aliphatic rings. The van der Waals surface area contributed by atoms with Gasteiger partial charge in [0.15, 0.2) is 17.3 Å². The van der Waals surface area contributed by atoms with Gasteiger partial charge >= 0.3 is 6.09 Å². The monoisotopic (exact) mass is 516 g/mol. The summed E-state index contributed by atoms with van der Waals surface area (Å²) in [5.74, 6) is 2.10. The minimum Gasteiger partial charge on any atom is -0.493 e. The number of amides is 2. The maximum atomic E-state index is 15.1. The third-order valence-corrected chi connectivity index (χ3v) is 5.72. The quantitative estimate of drug-likeness (QED) is 0.532. The topological polar surface area (TPSA) is 132 Å². The summed E-state index contributed by atoms with van der Waals surface area (Å²) >= 11 is 0. The van der Waals surface area contributed by atoms with Gasteiger partial charge in [-0.1, -0.05) is 0 Å². The number of piperazine rings is 1. The van der Waals surface area contributed by atoms with Crippen LogP contribution in [0.5, 0.6) is 11.5 Å². The van der Waals surface area contributed by atoms with Crippen LogP contribution in [-0.4, -0.2) is 78.9 Å². The Balaban J connectivity index is 1.68. The standard InChI is InChI=1S/C25H33FN6O5/c1-7-8-15(28-24(34)37-25(2,3)4)13-18(33)31-9-11-32(12-10-31)23-29-20-16(22(27)30-23)14-17(35-5)21(36-6)19(20)26/h1,14-15H,8-13H2,2-6H3,(H,28,34)(H2,27,29,30)/t15-/m0/s1. The molecule has 37 heavy (non-hydrogen) atoms. The predicted octanol–water partition coefficient (Wildman–Crippen LogP) is 2.32. The van der Waals surface area contributed by atoms with E-state index in [1.807, 2.05) is 4.90 Å². The molecule has 0 aliphatic carbocycles. The second-order valence-corrected chi connectivity index (χ2v) is 9.55. The first-order valence-electron chi connectivity index (χ1n) is 11.8. The van der Waals surface area contributed by atoms with Crippen molar-refractivity contribution >= 4 is 34.7 Å². The molecule has 0 unspecified atom stereocenters. The summed E-state index contributed by atoms with van der Waals surface area (Å²) < 4.78 is 30.7. The van der Waals surface area contributed by atoms with E-state index in [4.69, 9.17) is 26.4 Å². The molecule has 11 nitrogen and oxygen atoms in total. The first kappa shape index (κ1) is 27.6. The molecule has 1 aromatic carbocycles. The highest BCUT2D eigenvalue weighted by Gasteiger charge is 2.27. The van der Waals surface area contributed by atoms with Crippen LogP contribution < -0.4 is 25.4 Å². The largest absolute Gasteiger partial charge is 0.493 e. The van der Waals surface area contributed by atoms with Crippen molar-refractivity contribution in [1.29, 1.82) is 0 Å². The zero-order valence-corrected chi connectivity index (χ0v) is 21.8. The number of fused-ring (bicyclic) bond motifs is 1. The molecule has 2 heterocycles. The molecular weight excluding hydrogens is 483 g/mol. The summed E-state index contributed by atoms with van der Waals surface area (Å²) in [4.78, 5) is 37.3. The minimum atomic E-state index is -0.696. The van der Waals surface area contributed by atoms with E-state index in [1.165, 1.54) is 20.3 Å². The number of carbonyl (C=O) groups excluding carboxylic acids is 2. The molecule has 0 spiro atoms. The van der Waals surface area contributed by atoms with E-state index in [0.29, 0.717) is 31.6 Å². The SMILES string of the molecule is C#CC[C@@H](CC(=O)N1CCN(c2nc(N)c3cc(OC)c(OC)c(F)c3n2)CC1)NC(=O)OC(C)(C)C. The van der Waals surface area contributed by atoms with E-state index in [0.717, 1.165) is 0 Å². The molecule has 0 radical (unpaired) electrons. The van der Waals surface area contributed by atoms with Crippen LogP contribution in [0, 0.1) is 18.2 Å². The number of nitrogens with zero attached hydrogens (tertiary/aromatic N) is 4. The van der Waals surface area contributed by atoms with Crippen LogP contribution >= 0.6 is 0 Å². The lowest BCUT2D eigenvalue weighted by molar-refractivity contribution is -0.132. The third kappa shape index (κ3) is 6.61. The van der Waals surface area contributed by atoms with Crippen molar-refractivity contribution in [2.75, 3.05) is 51.0 Å². The number of rotatable bonds is 7. The first-order valence-corrected chi connectivity index (χ1v) is 11.8. The second-order valence-electron chi connectivity index (χ2n) is 9.55. The predicted molar refractivity (Wildman–Crippen MR) is 137 cm³/mol. The number of alkyl carbamates (subject to hydrolysis) is 1. The van der Waals surface area contributed by atoms with Gasteiger partial charge in [0, 0.05) is 44.4 Å². The van der Waals surface area contributed by atoms with Gasteiger partial charge in [-0.05, 0) is 26.8 Å². The van der Waals surface area contributed by atoms with Crippen molar-refractivity contribution < 1.29 is 28.2 Å². The van der Waals surface area contributed by atoms with Gasteiger partial charge in [0.1, 0.15) is 16.9 Å². The summed E-state index contributed by atoms with van der Waals surface area (Å²) in [6.45, 7) is 6.83. The Morgan fingerprint density at radius 2 is 1.89 bits per heavy atom. The van der Waals surface area contributed by atoms with Gasteiger partial charge in [0.25, 0.3) is 0 Å². The Hall–Kier alpha value is -4.01. The van der Waals surface area contributed by atoms with Gasteiger partial charge in [-0.15, -0.1) is 12.3 Å². The lowest BCUT2D eigenvalue weighted by Gasteiger charge is -2.35. The fourth-order valence-electron chi connectivity index (χ4n) is 3.97. The number of carbonyl (C=O) groups is 2. The van der Waals surface area contributed by atoms with E-state index in [1.54, 1.807) is 25.7 Å². The van der Waals surface area contributed by atoms with E-state index >= 15 is 4.39 Å². The van der Waals surface area contributed by atoms with Gasteiger partial charge < -0.3 is 35.1 Å². The zero-order valence-electron chi connectivity index (χ0n) is 21.8. The van der Waals surface area contributed by atoms with Crippen molar-refractivity contribution in [2.24, 2.45) is 0 Å². The third-order valence-electron chi connectivity index (χ3n) is 5.72. The van der Waals surface area contributed by atoms with Crippen LogP contribution in [0.15, 0.2) is 6.07 Å². The van der Waals surface area contributed by atoms with Gasteiger partial charge in [-0.3, -0.25) is 4.79 Å². The smallest absolute Gasteiger partial charge is 0.407 e. The number of methoxy groups -OCH3 is 2. The maximum Gasteiger partial charge on any atom is 0.407 e. The maximum absolute atomic E-state index is 15.1. The Morgan fingerprint density at radius 1 is 1.22 bits per heavy atom. The van der Waals surface area contributed by atoms with Crippen molar-refractivity contribution in [3.63, 3.8) is 0 Å². The fraction of sp³-hybridized carbons (Fsp3) is 0.520. The van der Waals surface area contributed by atoms with Gasteiger partial charge in [-0.25, -0.2) is 14.2 Å². The molecule has 2 aromatic rings. The number of hydrogen-bond donors (Lipinski definition) is 2.